The van der Waals surface area contributed by atoms with Crippen molar-refractivity contribution in [2.75, 3.05) is 13.6 Å². The fourth-order valence-corrected chi connectivity index (χ4v) is 5.72. The molecule has 1 aromatic carbocycles. The van der Waals surface area contributed by atoms with Gasteiger partial charge >= 0.3 is 6.61 Å². The molecule has 1 aliphatic carbocycles. The van der Waals surface area contributed by atoms with Crippen LogP contribution in [0.2, 0.25) is 0 Å². The molecule has 1 saturated heterocycles. The Kier molecular flexibility index (Phi) is 4.81. The molecule has 3 aromatic heterocycles. The van der Waals surface area contributed by atoms with E-state index in [1.807, 2.05) is 0 Å². The second-order valence-corrected chi connectivity index (χ2v) is 9.57. The normalized spacial score (nSPS) is 22.1. The predicted octanol–water partition coefficient (Wildman–Crippen LogP) is 4.23. The van der Waals surface area contributed by atoms with E-state index in [4.69, 9.17) is 14.8 Å². The van der Waals surface area contributed by atoms with Gasteiger partial charge in [0.15, 0.2) is 5.65 Å². The van der Waals surface area contributed by atoms with Crippen LogP contribution >= 0.6 is 0 Å². The van der Waals surface area contributed by atoms with Crippen LogP contribution in [0.3, 0.4) is 0 Å². The Labute approximate surface area is 209 Å². The van der Waals surface area contributed by atoms with Gasteiger partial charge in [-0.3, -0.25) is 9.78 Å². The molecule has 4 aromatic rings. The second-order valence-electron chi connectivity index (χ2n) is 9.57. The number of fused-ring (bicyclic) bond motifs is 9. The van der Waals surface area contributed by atoms with E-state index < -0.39 is 18.3 Å². The zero-order chi connectivity index (χ0) is 25.4. The van der Waals surface area contributed by atoms with Crippen molar-refractivity contribution in [2.24, 2.45) is 0 Å². The number of rotatable bonds is 4. The third-order valence-electron chi connectivity index (χ3n) is 7.61. The average Bonchev–Trinajstić information content (AvgIpc) is 3.36. The summed E-state index contributed by atoms with van der Waals surface area (Å²) < 4.78 is 47.9. The number of carbonyl (C=O) groups is 1. The third kappa shape index (κ3) is 3.26. The number of aromatic nitrogens is 4. The lowest BCUT2D eigenvalue weighted by Crippen LogP contribution is -2.36. The SMILES string of the molecule is CN1C(=O)c2cccc(OC(F)F)c2C2CC1c1nc3ccc(-c4cnc(C5CCN5)c(F)c4)nn3c12. The maximum absolute atomic E-state index is 14.8. The second kappa shape index (κ2) is 8.01. The number of nitrogens with one attached hydrogen (secondary N) is 1. The number of hydrogen-bond acceptors (Lipinski definition) is 6. The summed E-state index contributed by atoms with van der Waals surface area (Å²) in [6.45, 7) is -2.19. The highest BCUT2D eigenvalue weighted by molar-refractivity contribution is 5.98. The van der Waals surface area contributed by atoms with E-state index in [0.717, 1.165) is 13.0 Å². The monoisotopic (exact) mass is 506 g/mol. The summed E-state index contributed by atoms with van der Waals surface area (Å²) in [7, 11) is 1.69. The van der Waals surface area contributed by atoms with Gasteiger partial charge in [0.25, 0.3) is 5.91 Å². The van der Waals surface area contributed by atoms with E-state index in [1.54, 1.807) is 40.9 Å². The lowest BCUT2D eigenvalue weighted by Gasteiger charge is -2.27. The smallest absolute Gasteiger partial charge is 0.387 e. The molecule has 1 N–H and O–H groups in total. The number of nitrogens with zero attached hydrogens (tertiary/aromatic N) is 5. The Morgan fingerprint density at radius 2 is 2.03 bits per heavy atom. The molecule has 0 spiro atoms. The van der Waals surface area contributed by atoms with Gasteiger partial charge in [-0.25, -0.2) is 13.9 Å². The van der Waals surface area contributed by atoms with Gasteiger partial charge in [0, 0.05) is 35.9 Å². The first-order valence-corrected chi connectivity index (χ1v) is 12.0. The van der Waals surface area contributed by atoms with Crippen LogP contribution in [0.15, 0.2) is 42.6 Å². The molecule has 3 unspecified atom stereocenters. The molecule has 37 heavy (non-hydrogen) atoms. The van der Waals surface area contributed by atoms with Crippen LogP contribution < -0.4 is 10.1 Å². The van der Waals surface area contributed by atoms with Crippen LogP contribution in [0.25, 0.3) is 16.9 Å². The highest BCUT2D eigenvalue weighted by Gasteiger charge is 2.46. The summed E-state index contributed by atoms with van der Waals surface area (Å²) in [4.78, 5) is 23.9. The summed E-state index contributed by atoms with van der Waals surface area (Å²) in [5.74, 6) is -1.16. The number of benzene rings is 1. The Hall–Kier alpha value is -3.99. The lowest BCUT2D eigenvalue weighted by atomic mass is 9.91. The quantitative estimate of drug-likeness (QED) is 0.446. The van der Waals surface area contributed by atoms with Crippen LogP contribution in [-0.4, -0.2) is 50.6 Å². The van der Waals surface area contributed by atoms with E-state index in [1.165, 1.54) is 18.2 Å². The molecule has 1 fully saturated rings. The summed E-state index contributed by atoms with van der Waals surface area (Å²) in [6, 6.07) is 9.13. The van der Waals surface area contributed by atoms with Crippen molar-refractivity contribution in [2.45, 2.75) is 37.5 Å². The molecule has 5 heterocycles. The minimum atomic E-state index is -3.04. The standard InChI is InChI=1S/C26H21F3N6O2/c1-34-18-10-14(21-13(25(34)36)3-2-4-19(21)37-26(28)29)24-23(18)32-20-6-5-16(33-35(20)24)12-9-15(27)22(31-11-12)17-7-8-30-17/h2-6,9,11,14,17-18,26,30H,7-8,10H2,1H3. The zero-order valence-electron chi connectivity index (χ0n) is 19.7. The number of alkyl halides is 2. The Balaban J connectivity index is 1.38. The molecule has 2 aliphatic heterocycles. The first-order chi connectivity index (χ1) is 17.9. The fraction of sp³-hybridized carbons (Fsp3) is 0.308. The van der Waals surface area contributed by atoms with Crippen LogP contribution in [0, 0.1) is 5.82 Å². The van der Waals surface area contributed by atoms with Gasteiger partial charge in [-0.1, -0.05) is 6.07 Å². The first-order valence-electron chi connectivity index (χ1n) is 12.0. The first kappa shape index (κ1) is 22.2. The van der Waals surface area contributed by atoms with Crippen molar-refractivity contribution in [1.29, 1.82) is 0 Å². The van der Waals surface area contributed by atoms with E-state index in [2.05, 4.69) is 10.3 Å². The van der Waals surface area contributed by atoms with Crippen LogP contribution in [0.1, 0.15) is 63.8 Å². The van der Waals surface area contributed by atoms with Crippen molar-refractivity contribution in [3.8, 4) is 17.0 Å². The number of imidazole rings is 1. The number of pyridine rings is 1. The van der Waals surface area contributed by atoms with E-state index in [-0.39, 0.29) is 23.7 Å². The molecule has 8 nitrogen and oxygen atoms in total. The molecule has 7 rings (SSSR count). The molecule has 0 saturated carbocycles. The molecule has 3 atom stereocenters. The topological polar surface area (TPSA) is 84.7 Å². The van der Waals surface area contributed by atoms with Crippen molar-refractivity contribution in [1.82, 2.24) is 29.8 Å². The number of hydrogen-bond donors (Lipinski definition) is 1. The number of carbonyl (C=O) groups excluding carboxylic acids is 1. The molecule has 11 heteroatoms. The van der Waals surface area contributed by atoms with Crippen molar-refractivity contribution >= 4 is 11.6 Å². The Morgan fingerprint density at radius 1 is 1.19 bits per heavy atom. The van der Waals surface area contributed by atoms with Crippen molar-refractivity contribution in [3.63, 3.8) is 0 Å². The predicted molar refractivity (Wildman–Crippen MR) is 126 cm³/mol. The summed E-state index contributed by atoms with van der Waals surface area (Å²) in [5, 5.41) is 7.92. The Bertz CT molecular complexity index is 1580. The molecule has 3 aliphatic rings. The highest BCUT2D eigenvalue weighted by atomic mass is 19.3. The van der Waals surface area contributed by atoms with E-state index in [0.29, 0.717) is 51.5 Å². The van der Waals surface area contributed by atoms with Gasteiger partial charge in [-0.15, -0.1) is 0 Å². The maximum Gasteiger partial charge on any atom is 0.387 e. The van der Waals surface area contributed by atoms with Gasteiger partial charge in [-0.05, 0) is 49.7 Å². The number of amides is 1. The molecule has 0 radical (unpaired) electrons. The molecular weight excluding hydrogens is 485 g/mol. The van der Waals surface area contributed by atoms with Crippen LogP contribution in [-0.2, 0) is 0 Å². The summed E-state index contributed by atoms with van der Waals surface area (Å²) in [5.41, 5.74) is 4.03. The minimum absolute atomic E-state index is 0.0367. The van der Waals surface area contributed by atoms with Crippen molar-refractivity contribution < 1.29 is 22.7 Å². The highest BCUT2D eigenvalue weighted by Crippen LogP contribution is 2.52. The van der Waals surface area contributed by atoms with Gasteiger partial charge in [-0.2, -0.15) is 13.9 Å². The number of ether oxygens (including phenoxy) is 1. The average molecular weight is 506 g/mol. The van der Waals surface area contributed by atoms with E-state index >= 15 is 0 Å². The van der Waals surface area contributed by atoms with Gasteiger partial charge in [0.1, 0.15) is 11.6 Å². The molecule has 1 amide bonds. The number of halogens is 3. The van der Waals surface area contributed by atoms with Gasteiger partial charge < -0.3 is 15.0 Å². The lowest BCUT2D eigenvalue weighted by molar-refractivity contribution is -0.0506. The molecular formula is C26H21F3N6O2. The van der Waals surface area contributed by atoms with Crippen LogP contribution in [0.4, 0.5) is 13.2 Å². The summed E-state index contributed by atoms with van der Waals surface area (Å²) >= 11 is 0. The molecule has 188 valence electrons. The zero-order valence-corrected chi connectivity index (χ0v) is 19.7. The van der Waals surface area contributed by atoms with Crippen molar-refractivity contribution in [3.05, 3.63) is 76.6 Å². The fourth-order valence-electron chi connectivity index (χ4n) is 5.72. The van der Waals surface area contributed by atoms with E-state index in [9.17, 15) is 18.0 Å². The third-order valence-corrected chi connectivity index (χ3v) is 7.61. The maximum atomic E-state index is 14.8. The summed E-state index contributed by atoms with van der Waals surface area (Å²) in [6.07, 6.45) is 2.90. The minimum Gasteiger partial charge on any atom is -0.434 e. The van der Waals surface area contributed by atoms with Gasteiger partial charge in [0.2, 0.25) is 0 Å². The Morgan fingerprint density at radius 3 is 2.76 bits per heavy atom. The molecule has 2 bridgehead atoms. The van der Waals surface area contributed by atoms with Gasteiger partial charge in [0.05, 0.1) is 34.9 Å². The van der Waals surface area contributed by atoms with Crippen LogP contribution in [0.5, 0.6) is 5.75 Å². The largest absolute Gasteiger partial charge is 0.434 e.